The first-order chi connectivity index (χ1) is 11.6. The number of ether oxygens (including phenoxy) is 4. The van der Waals surface area contributed by atoms with Gasteiger partial charge in [0.1, 0.15) is 0 Å². The zero-order valence-electron chi connectivity index (χ0n) is 13.7. The second-order valence-electron chi connectivity index (χ2n) is 4.88. The van der Waals surface area contributed by atoms with E-state index in [-0.39, 0.29) is 11.5 Å². The summed E-state index contributed by atoms with van der Waals surface area (Å²) >= 11 is 0. The molecule has 0 spiro atoms. The summed E-state index contributed by atoms with van der Waals surface area (Å²) in [6.07, 6.45) is 0. The second-order valence-corrected chi connectivity index (χ2v) is 4.88. The molecule has 0 saturated carbocycles. The summed E-state index contributed by atoms with van der Waals surface area (Å²) < 4.78 is 20.2. The molecule has 0 unspecified atom stereocenters. The summed E-state index contributed by atoms with van der Waals surface area (Å²) in [6.45, 7) is 0.470. The summed E-state index contributed by atoms with van der Waals surface area (Å²) in [4.78, 5) is 23.8. The molecule has 0 aliphatic heterocycles. The Morgan fingerprint density at radius 1 is 0.833 bits per heavy atom. The van der Waals surface area contributed by atoms with E-state index in [2.05, 4.69) is 4.74 Å². The van der Waals surface area contributed by atoms with Gasteiger partial charge in [-0.3, -0.25) is 0 Å². The minimum atomic E-state index is -0.525. The Morgan fingerprint density at radius 3 is 2.08 bits per heavy atom. The molecule has 0 aromatic heterocycles. The van der Waals surface area contributed by atoms with E-state index in [1.165, 1.54) is 32.4 Å². The molecule has 0 bridgehead atoms. The van der Waals surface area contributed by atoms with Crippen molar-refractivity contribution in [2.75, 3.05) is 21.3 Å². The highest BCUT2D eigenvalue weighted by atomic mass is 16.6. The lowest BCUT2D eigenvalue weighted by atomic mass is 10.1. The molecule has 2 rings (SSSR count). The minimum Gasteiger partial charge on any atom is -0.493 e. The van der Waals surface area contributed by atoms with Gasteiger partial charge in [0, 0.05) is 7.11 Å². The van der Waals surface area contributed by atoms with Crippen molar-refractivity contribution in [1.82, 2.24) is 0 Å². The highest BCUT2D eigenvalue weighted by molar-refractivity contribution is 5.92. The summed E-state index contributed by atoms with van der Waals surface area (Å²) in [5.41, 5.74) is 1.65. The Morgan fingerprint density at radius 2 is 1.50 bits per heavy atom. The van der Waals surface area contributed by atoms with Crippen molar-refractivity contribution in [3.05, 3.63) is 59.2 Å². The van der Waals surface area contributed by atoms with Gasteiger partial charge in [-0.2, -0.15) is 0 Å². The van der Waals surface area contributed by atoms with Gasteiger partial charge in [0.25, 0.3) is 0 Å². The van der Waals surface area contributed by atoms with Crippen LogP contribution < -0.4 is 9.47 Å². The van der Waals surface area contributed by atoms with Crippen LogP contribution >= 0.6 is 0 Å². The molecular formula is C18H18O6. The van der Waals surface area contributed by atoms with E-state index in [0.29, 0.717) is 17.7 Å². The zero-order valence-corrected chi connectivity index (χ0v) is 13.7. The Bertz CT molecular complexity index is 721. The molecule has 0 N–H and O–H groups in total. The Labute approximate surface area is 139 Å². The number of hydrogen-bond donors (Lipinski definition) is 0. The van der Waals surface area contributed by atoms with E-state index in [1.807, 2.05) is 0 Å². The van der Waals surface area contributed by atoms with Gasteiger partial charge < -0.3 is 18.9 Å². The van der Waals surface area contributed by atoms with Crippen LogP contribution in [0.1, 0.15) is 26.3 Å². The lowest BCUT2D eigenvalue weighted by molar-refractivity contribution is 0.0600. The summed E-state index contributed by atoms with van der Waals surface area (Å²) in [7, 11) is 4.32. The maximum absolute atomic E-state index is 12.2. The highest BCUT2D eigenvalue weighted by Crippen LogP contribution is 2.29. The molecule has 0 radical (unpaired) electrons. The molecule has 2 aromatic rings. The summed E-state index contributed by atoms with van der Waals surface area (Å²) in [5, 5.41) is 0. The molecule has 0 heterocycles. The maximum atomic E-state index is 12.2. The number of carbonyl (C=O) groups excluding carboxylic acids is 2. The van der Waals surface area contributed by atoms with Gasteiger partial charge >= 0.3 is 11.9 Å². The molecule has 0 aliphatic carbocycles. The lowest BCUT2D eigenvalue weighted by Crippen LogP contribution is -2.10. The van der Waals surface area contributed by atoms with Gasteiger partial charge in [0.05, 0.1) is 32.0 Å². The van der Waals surface area contributed by atoms with Crippen LogP contribution in [0.3, 0.4) is 0 Å². The smallest absolute Gasteiger partial charge is 0.343 e. The largest absolute Gasteiger partial charge is 0.493 e. The summed E-state index contributed by atoms with van der Waals surface area (Å²) in [6, 6.07) is 11.3. The molecule has 0 atom stereocenters. The van der Waals surface area contributed by atoms with Crippen molar-refractivity contribution in [3.63, 3.8) is 0 Å². The fourth-order valence-electron chi connectivity index (χ4n) is 2.06. The average Bonchev–Trinajstić information content (AvgIpc) is 2.62. The van der Waals surface area contributed by atoms with Crippen molar-refractivity contribution in [3.8, 4) is 11.5 Å². The van der Waals surface area contributed by atoms with Crippen LogP contribution in [0.15, 0.2) is 42.5 Å². The monoisotopic (exact) mass is 330 g/mol. The predicted molar refractivity (Wildman–Crippen MR) is 86.4 cm³/mol. The SMILES string of the molecule is COCc1ccc(C(=O)Oc2ccc(C(=O)OC)cc2OC)cc1. The molecule has 0 amide bonds. The van der Waals surface area contributed by atoms with E-state index >= 15 is 0 Å². The standard InChI is InChI=1S/C18H18O6/c1-21-11-12-4-6-13(7-5-12)18(20)24-15-9-8-14(17(19)23-3)10-16(15)22-2/h4-10H,11H2,1-3H3. The lowest BCUT2D eigenvalue weighted by Gasteiger charge is -2.10. The fourth-order valence-corrected chi connectivity index (χ4v) is 2.06. The van der Waals surface area contributed by atoms with E-state index in [9.17, 15) is 9.59 Å². The van der Waals surface area contributed by atoms with Crippen molar-refractivity contribution in [1.29, 1.82) is 0 Å². The molecule has 24 heavy (non-hydrogen) atoms. The number of benzene rings is 2. The second kappa shape index (κ2) is 8.12. The molecule has 6 heteroatoms. The maximum Gasteiger partial charge on any atom is 0.343 e. The molecular weight excluding hydrogens is 312 g/mol. The third kappa shape index (κ3) is 4.11. The summed E-state index contributed by atoms with van der Waals surface area (Å²) in [5.74, 6) is -0.540. The van der Waals surface area contributed by atoms with Crippen LogP contribution in [0, 0.1) is 0 Å². The molecule has 126 valence electrons. The number of methoxy groups -OCH3 is 3. The molecule has 0 fully saturated rings. The van der Waals surface area contributed by atoms with Gasteiger partial charge in [0.15, 0.2) is 11.5 Å². The molecule has 6 nitrogen and oxygen atoms in total. The van der Waals surface area contributed by atoms with Crippen LogP contribution in [-0.2, 0) is 16.1 Å². The van der Waals surface area contributed by atoms with Crippen LogP contribution in [0.25, 0.3) is 0 Å². The zero-order chi connectivity index (χ0) is 17.5. The van der Waals surface area contributed by atoms with E-state index in [4.69, 9.17) is 14.2 Å². The van der Waals surface area contributed by atoms with Crippen molar-refractivity contribution < 1.29 is 28.5 Å². The third-order valence-electron chi connectivity index (χ3n) is 3.29. The van der Waals surface area contributed by atoms with Crippen molar-refractivity contribution in [2.24, 2.45) is 0 Å². The Hall–Kier alpha value is -2.86. The number of carbonyl (C=O) groups is 2. The molecule has 2 aromatic carbocycles. The first-order valence-electron chi connectivity index (χ1n) is 7.15. The quantitative estimate of drug-likeness (QED) is 0.599. The number of esters is 2. The molecule has 0 aliphatic rings. The number of hydrogen-bond acceptors (Lipinski definition) is 6. The fraction of sp³-hybridized carbons (Fsp3) is 0.222. The van der Waals surface area contributed by atoms with Gasteiger partial charge in [-0.15, -0.1) is 0 Å². The first kappa shape index (κ1) is 17.5. The van der Waals surface area contributed by atoms with Crippen LogP contribution in [-0.4, -0.2) is 33.3 Å². The molecule has 0 saturated heterocycles. The average molecular weight is 330 g/mol. The third-order valence-corrected chi connectivity index (χ3v) is 3.29. The van der Waals surface area contributed by atoms with Crippen molar-refractivity contribution >= 4 is 11.9 Å². The Kier molecular flexibility index (Phi) is 5.92. The van der Waals surface area contributed by atoms with Gasteiger partial charge in [-0.05, 0) is 35.9 Å². The van der Waals surface area contributed by atoms with Gasteiger partial charge in [0.2, 0.25) is 0 Å². The normalized spacial score (nSPS) is 10.1. The van der Waals surface area contributed by atoms with Crippen molar-refractivity contribution in [2.45, 2.75) is 6.61 Å². The number of rotatable bonds is 6. The topological polar surface area (TPSA) is 71.1 Å². The Balaban J connectivity index is 2.17. The van der Waals surface area contributed by atoms with Crippen LogP contribution in [0.5, 0.6) is 11.5 Å². The predicted octanol–water partition coefficient (Wildman–Crippen LogP) is 2.85. The first-order valence-corrected chi connectivity index (χ1v) is 7.15. The van der Waals surface area contributed by atoms with E-state index < -0.39 is 11.9 Å². The van der Waals surface area contributed by atoms with Crippen LogP contribution in [0.2, 0.25) is 0 Å². The highest BCUT2D eigenvalue weighted by Gasteiger charge is 2.15. The van der Waals surface area contributed by atoms with Gasteiger partial charge in [-0.25, -0.2) is 9.59 Å². The van der Waals surface area contributed by atoms with E-state index in [0.717, 1.165) is 5.56 Å². The van der Waals surface area contributed by atoms with E-state index in [1.54, 1.807) is 31.4 Å². The van der Waals surface area contributed by atoms with Gasteiger partial charge in [-0.1, -0.05) is 12.1 Å². The van der Waals surface area contributed by atoms with Crippen LogP contribution in [0.4, 0.5) is 0 Å². The minimum absolute atomic E-state index is 0.219.